The van der Waals surface area contributed by atoms with Crippen molar-refractivity contribution in [1.29, 1.82) is 0 Å². The second-order valence-electron chi connectivity index (χ2n) is 6.35. The maximum Gasteiger partial charge on any atom is -0.0332 e. The highest BCUT2D eigenvalue weighted by Gasteiger charge is 2.43. The van der Waals surface area contributed by atoms with Gasteiger partial charge in [0.25, 0.3) is 0 Å². The molecule has 3 unspecified atom stereocenters. The lowest BCUT2D eigenvalue weighted by atomic mass is 9.55. The van der Waals surface area contributed by atoms with Crippen molar-refractivity contribution in [3.8, 4) is 0 Å². The fraction of sp³-hybridized carbons (Fsp3) is 1.00. The predicted octanol–water partition coefficient (Wildman–Crippen LogP) is 4.89. The topological polar surface area (TPSA) is 0 Å². The molecule has 0 aromatic rings. The molecule has 0 heteroatoms. The van der Waals surface area contributed by atoms with Crippen LogP contribution in [0.25, 0.3) is 0 Å². The van der Waals surface area contributed by atoms with E-state index in [2.05, 4.69) is 34.6 Å². The van der Waals surface area contributed by atoms with Gasteiger partial charge in [-0.3, -0.25) is 0 Å². The second-order valence-corrected chi connectivity index (χ2v) is 6.35. The second kappa shape index (κ2) is 4.68. The molecule has 84 valence electrons. The first-order valence-corrected chi connectivity index (χ1v) is 6.46. The Kier molecular flexibility index (Phi) is 4.04. The van der Waals surface area contributed by atoms with Gasteiger partial charge in [-0.15, -0.1) is 0 Å². The molecule has 0 aromatic carbocycles. The molecule has 0 aromatic heterocycles. The van der Waals surface area contributed by atoms with Crippen LogP contribution in [0, 0.1) is 23.2 Å². The Hall–Kier alpha value is 0. The summed E-state index contributed by atoms with van der Waals surface area (Å²) in [5.74, 6) is 3.02. The first-order chi connectivity index (χ1) is 6.46. The lowest BCUT2D eigenvalue weighted by Gasteiger charge is -2.50. The molecule has 0 saturated heterocycles. The van der Waals surface area contributed by atoms with Crippen LogP contribution in [0.1, 0.15) is 66.7 Å². The molecule has 1 saturated carbocycles. The van der Waals surface area contributed by atoms with Gasteiger partial charge in [0.05, 0.1) is 0 Å². The van der Waals surface area contributed by atoms with Gasteiger partial charge in [0.15, 0.2) is 0 Å². The van der Waals surface area contributed by atoms with Crippen molar-refractivity contribution in [1.82, 2.24) is 0 Å². The number of hydrogen-bond donors (Lipinski definition) is 0. The van der Waals surface area contributed by atoms with Crippen LogP contribution in [0.5, 0.6) is 0 Å². The van der Waals surface area contributed by atoms with E-state index in [9.17, 15) is 0 Å². The van der Waals surface area contributed by atoms with E-state index in [4.69, 9.17) is 0 Å². The zero-order chi connectivity index (χ0) is 10.8. The van der Waals surface area contributed by atoms with Crippen LogP contribution >= 0.6 is 0 Å². The van der Waals surface area contributed by atoms with E-state index in [1.807, 2.05) is 0 Å². The molecule has 3 atom stereocenters. The highest BCUT2D eigenvalue weighted by Crippen LogP contribution is 2.51. The summed E-state index contributed by atoms with van der Waals surface area (Å²) < 4.78 is 0. The van der Waals surface area contributed by atoms with E-state index >= 15 is 0 Å². The van der Waals surface area contributed by atoms with E-state index in [1.54, 1.807) is 0 Å². The van der Waals surface area contributed by atoms with E-state index in [0.717, 1.165) is 17.8 Å². The van der Waals surface area contributed by atoms with Crippen LogP contribution in [0.15, 0.2) is 0 Å². The molecule has 1 aliphatic rings. The Bertz CT molecular complexity index is 163. The normalized spacial score (nSPS) is 32.8. The van der Waals surface area contributed by atoms with Gasteiger partial charge in [-0.2, -0.15) is 0 Å². The zero-order valence-electron chi connectivity index (χ0n) is 10.8. The van der Waals surface area contributed by atoms with Crippen molar-refractivity contribution in [2.24, 2.45) is 23.2 Å². The molecule has 0 nitrogen and oxygen atoms in total. The average molecular weight is 196 g/mol. The van der Waals surface area contributed by atoms with Crippen LogP contribution in [0.3, 0.4) is 0 Å². The first kappa shape index (κ1) is 12.1. The Morgan fingerprint density at radius 2 is 1.79 bits per heavy atom. The Labute approximate surface area is 90.5 Å². The van der Waals surface area contributed by atoms with Gasteiger partial charge in [-0.05, 0) is 36.0 Å². The van der Waals surface area contributed by atoms with Crippen LogP contribution < -0.4 is 0 Å². The lowest BCUT2D eigenvalue weighted by Crippen LogP contribution is -2.42. The van der Waals surface area contributed by atoms with Gasteiger partial charge in [-0.25, -0.2) is 0 Å². The monoisotopic (exact) mass is 196 g/mol. The zero-order valence-corrected chi connectivity index (χ0v) is 10.8. The summed E-state index contributed by atoms with van der Waals surface area (Å²) in [5, 5.41) is 0. The van der Waals surface area contributed by atoms with Gasteiger partial charge in [-0.1, -0.05) is 53.9 Å². The van der Waals surface area contributed by atoms with Crippen LogP contribution in [0.2, 0.25) is 0 Å². The van der Waals surface area contributed by atoms with Gasteiger partial charge < -0.3 is 0 Å². The first-order valence-electron chi connectivity index (χ1n) is 6.46. The van der Waals surface area contributed by atoms with Crippen LogP contribution in [-0.2, 0) is 0 Å². The molecule has 0 radical (unpaired) electrons. The van der Waals surface area contributed by atoms with E-state index in [1.165, 1.54) is 32.1 Å². The molecular weight excluding hydrogens is 168 g/mol. The van der Waals surface area contributed by atoms with Crippen molar-refractivity contribution < 1.29 is 0 Å². The summed E-state index contributed by atoms with van der Waals surface area (Å²) in [7, 11) is 0. The van der Waals surface area contributed by atoms with Crippen LogP contribution in [-0.4, -0.2) is 0 Å². The van der Waals surface area contributed by atoms with E-state index in [-0.39, 0.29) is 0 Å². The summed E-state index contributed by atoms with van der Waals surface area (Å²) in [6.07, 6.45) is 7.21. The summed E-state index contributed by atoms with van der Waals surface area (Å²) in [4.78, 5) is 0. The average Bonchev–Trinajstić information content (AvgIpc) is 2.06. The number of unbranched alkanes of at least 4 members (excludes halogenated alkanes) is 2. The minimum atomic E-state index is 0.545. The standard InChI is InChI=1S/C14H28/c1-6-7-8-9-12-11(2)10-13(12)14(3,4)5/h11-13H,6-10H2,1-5H3. The van der Waals surface area contributed by atoms with Crippen LogP contribution in [0.4, 0.5) is 0 Å². The molecule has 14 heavy (non-hydrogen) atoms. The molecule has 1 rings (SSSR count). The van der Waals surface area contributed by atoms with Gasteiger partial charge in [0, 0.05) is 0 Å². The summed E-state index contributed by atoms with van der Waals surface area (Å²) in [6, 6.07) is 0. The quantitative estimate of drug-likeness (QED) is 0.562. The fourth-order valence-electron chi connectivity index (χ4n) is 3.06. The van der Waals surface area contributed by atoms with Gasteiger partial charge in [0.1, 0.15) is 0 Å². The summed E-state index contributed by atoms with van der Waals surface area (Å²) >= 11 is 0. The molecule has 0 N–H and O–H groups in total. The minimum Gasteiger partial charge on any atom is -0.0654 e. The van der Waals surface area contributed by atoms with Crippen molar-refractivity contribution in [2.45, 2.75) is 66.7 Å². The Morgan fingerprint density at radius 3 is 2.21 bits per heavy atom. The highest BCUT2D eigenvalue weighted by atomic mass is 14.5. The molecule has 0 heterocycles. The van der Waals surface area contributed by atoms with Gasteiger partial charge in [0.2, 0.25) is 0 Å². The van der Waals surface area contributed by atoms with Crippen molar-refractivity contribution >= 4 is 0 Å². The largest absolute Gasteiger partial charge is 0.0654 e. The van der Waals surface area contributed by atoms with Gasteiger partial charge >= 0.3 is 0 Å². The molecule has 0 aliphatic heterocycles. The third-order valence-electron chi connectivity index (χ3n) is 4.13. The molecule has 1 fully saturated rings. The SMILES string of the molecule is CCCCCC1C(C)CC1C(C)(C)C. The third kappa shape index (κ3) is 2.74. The van der Waals surface area contributed by atoms with Crippen molar-refractivity contribution in [3.63, 3.8) is 0 Å². The number of hydrogen-bond acceptors (Lipinski definition) is 0. The maximum absolute atomic E-state index is 2.44. The summed E-state index contributed by atoms with van der Waals surface area (Å²) in [6.45, 7) is 12.0. The lowest BCUT2D eigenvalue weighted by molar-refractivity contribution is -0.00887. The summed E-state index contributed by atoms with van der Waals surface area (Å²) in [5.41, 5.74) is 0.545. The van der Waals surface area contributed by atoms with E-state index in [0.29, 0.717) is 5.41 Å². The Balaban J connectivity index is 2.34. The molecule has 0 spiro atoms. The third-order valence-corrected chi connectivity index (χ3v) is 4.13. The molecular formula is C14H28. The minimum absolute atomic E-state index is 0.545. The van der Waals surface area contributed by atoms with Crippen molar-refractivity contribution in [3.05, 3.63) is 0 Å². The van der Waals surface area contributed by atoms with E-state index < -0.39 is 0 Å². The molecule has 0 bridgehead atoms. The van der Waals surface area contributed by atoms with Crippen molar-refractivity contribution in [2.75, 3.05) is 0 Å². The maximum atomic E-state index is 2.44. The number of rotatable bonds is 4. The fourth-order valence-corrected chi connectivity index (χ4v) is 3.06. The highest BCUT2D eigenvalue weighted by molar-refractivity contribution is 4.92. The smallest absolute Gasteiger partial charge is 0.0332 e. The Morgan fingerprint density at radius 1 is 1.14 bits per heavy atom. The predicted molar refractivity (Wildman–Crippen MR) is 64.4 cm³/mol. The molecule has 0 amide bonds. The molecule has 1 aliphatic carbocycles.